The first-order valence-electron chi connectivity index (χ1n) is 8.66. The van der Waals surface area contributed by atoms with Crippen molar-refractivity contribution in [2.24, 2.45) is 11.7 Å². The van der Waals surface area contributed by atoms with Gasteiger partial charge in [-0.1, -0.05) is 68.1 Å². The average molecular weight is 384 g/mol. The number of primary amides is 1. The van der Waals surface area contributed by atoms with Crippen LogP contribution in [0, 0.1) is 11.7 Å². The lowest BCUT2D eigenvalue weighted by molar-refractivity contribution is -0.117. The van der Waals surface area contributed by atoms with E-state index in [0.717, 1.165) is 5.56 Å². The summed E-state index contributed by atoms with van der Waals surface area (Å²) in [4.78, 5) is 12.1. The van der Waals surface area contributed by atoms with E-state index < -0.39 is 11.2 Å². The highest BCUT2D eigenvalue weighted by Crippen LogP contribution is 2.36. The summed E-state index contributed by atoms with van der Waals surface area (Å²) in [5, 5.41) is 8.38. The number of carbonyl (C=O) groups excluding carboxylic acids is 1. The largest absolute Gasteiger partial charge is 0.368 e. The molecule has 0 aliphatic rings. The number of aromatic nitrogens is 3. The van der Waals surface area contributed by atoms with Gasteiger partial charge >= 0.3 is 0 Å². The summed E-state index contributed by atoms with van der Waals surface area (Å²) in [7, 11) is 0. The van der Waals surface area contributed by atoms with Crippen molar-refractivity contribution in [3.05, 3.63) is 66.0 Å². The molecule has 27 heavy (non-hydrogen) atoms. The van der Waals surface area contributed by atoms with Gasteiger partial charge in [-0.3, -0.25) is 4.79 Å². The van der Waals surface area contributed by atoms with Gasteiger partial charge in [0.05, 0.1) is 5.56 Å². The Morgan fingerprint density at radius 3 is 2.41 bits per heavy atom. The highest BCUT2D eigenvalue weighted by Gasteiger charge is 2.25. The zero-order valence-electron chi connectivity index (χ0n) is 15.2. The van der Waals surface area contributed by atoms with Crippen LogP contribution in [0.3, 0.4) is 0 Å². The SMILES string of the molecule is CC(C)Cn1c(S[C@H](C(N)=O)c2ccccc2)nnc1-c1ccccc1F. The van der Waals surface area contributed by atoms with Gasteiger partial charge in [0.15, 0.2) is 11.0 Å². The number of benzene rings is 2. The van der Waals surface area contributed by atoms with Crippen LogP contribution in [0.5, 0.6) is 0 Å². The fourth-order valence-corrected chi connectivity index (χ4v) is 3.77. The van der Waals surface area contributed by atoms with Crippen LogP contribution in [0.2, 0.25) is 0 Å². The number of nitrogens with zero attached hydrogens (tertiary/aromatic N) is 3. The third kappa shape index (κ3) is 4.36. The smallest absolute Gasteiger partial charge is 0.235 e. The molecule has 2 aromatic carbocycles. The molecule has 0 unspecified atom stereocenters. The van der Waals surface area contributed by atoms with E-state index in [2.05, 4.69) is 24.0 Å². The van der Waals surface area contributed by atoms with E-state index in [0.29, 0.717) is 23.1 Å². The van der Waals surface area contributed by atoms with Gasteiger partial charge in [-0.25, -0.2) is 4.39 Å². The van der Waals surface area contributed by atoms with Crippen molar-refractivity contribution in [2.45, 2.75) is 30.8 Å². The first kappa shape index (κ1) is 19.1. The zero-order valence-corrected chi connectivity index (χ0v) is 16.0. The molecule has 3 rings (SSSR count). The Kier molecular flexibility index (Phi) is 5.91. The van der Waals surface area contributed by atoms with Gasteiger partial charge in [-0.05, 0) is 23.6 Å². The number of halogens is 1. The second kappa shape index (κ2) is 8.35. The molecule has 1 aromatic heterocycles. The van der Waals surface area contributed by atoms with E-state index in [4.69, 9.17) is 5.73 Å². The van der Waals surface area contributed by atoms with Crippen molar-refractivity contribution in [3.8, 4) is 11.4 Å². The Bertz CT molecular complexity index is 927. The molecule has 0 aliphatic heterocycles. The van der Waals surface area contributed by atoms with E-state index in [-0.39, 0.29) is 11.7 Å². The Morgan fingerprint density at radius 1 is 1.11 bits per heavy atom. The van der Waals surface area contributed by atoms with Crippen LogP contribution in [-0.2, 0) is 11.3 Å². The average Bonchev–Trinajstić information content (AvgIpc) is 3.02. The number of carbonyl (C=O) groups is 1. The standard InChI is InChI=1S/C20H21FN4OS/c1-13(2)12-25-19(15-10-6-7-11-16(15)21)23-24-20(25)27-17(18(22)26)14-8-4-3-5-9-14/h3-11,13,17H,12H2,1-2H3,(H2,22,26)/t17-/m0/s1. The van der Waals surface area contributed by atoms with E-state index in [1.165, 1.54) is 17.8 Å². The van der Waals surface area contributed by atoms with Crippen LogP contribution in [0.25, 0.3) is 11.4 Å². The summed E-state index contributed by atoms with van der Waals surface area (Å²) in [6.07, 6.45) is 0. The second-order valence-corrected chi connectivity index (χ2v) is 7.67. The third-order valence-corrected chi connectivity index (χ3v) is 5.22. The van der Waals surface area contributed by atoms with Gasteiger partial charge in [0, 0.05) is 6.54 Å². The Balaban J connectivity index is 2.02. The van der Waals surface area contributed by atoms with Crippen molar-refractivity contribution in [2.75, 3.05) is 0 Å². The number of amides is 1. The molecule has 1 atom stereocenters. The number of nitrogens with two attached hydrogens (primary N) is 1. The van der Waals surface area contributed by atoms with Gasteiger partial charge in [0.1, 0.15) is 11.1 Å². The number of hydrogen-bond donors (Lipinski definition) is 1. The van der Waals surface area contributed by atoms with Crippen LogP contribution < -0.4 is 5.73 Å². The van der Waals surface area contributed by atoms with Crippen molar-refractivity contribution in [1.82, 2.24) is 14.8 Å². The first-order chi connectivity index (χ1) is 13.0. The number of thioether (sulfide) groups is 1. The van der Waals surface area contributed by atoms with Crippen LogP contribution in [0.1, 0.15) is 24.7 Å². The lowest BCUT2D eigenvalue weighted by Gasteiger charge is -2.16. The van der Waals surface area contributed by atoms with Crippen molar-refractivity contribution < 1.29 is 9.18 Å². The molecule has 0 saturated heterocycles. The van der Waals surface area contributed by atoms with E-state index >= 15 is 0 Å². The molecule has 0 spiro atoms. The summed E-state index contributed by atoms with van der Waals surface area (Å²) in [5.41, 5.74) is 6.81. The minimum atomic E-state index is -0.602. The zero-order chi connectivity index (χ0) is 19.4. The molecule has 140 valence electrons. The van der Waals surface area contributed by atoms with E-state index in [1.54, 1.807) is 18.2 Å². The normalized spacial score (nSPS) is 12.3. The summed E-state index contributed by atoms with van der Waals surface area (Å²) in [6, 6.07) is 15.8. The minimum Gasteiger partial charge on any atom is -0.368 e. The molecular weight excluding hydrogens is 363 g/mol. The maximum absolute atomic E-state index is 14.3. The molecule has 0 aliphatic carbocycles. The quantitative estimate of drug-likeness (QED) is 0.624. The molecule has 0 saturated carbocycles. The lowest BCUT2D eigenvalue weighted by Crippen LogP contribution is -2.19. The molecule has 2 N–H and O–H groups in total. The topological polar surface area (TPSA) is 73.8 Å². The number of hydrogen-bond acceptors (Lipinski definition) is 4. The van der Waals surface area contributed by atoms with Gasteiger partial charge in [-0.2, -0.15) is 0 Å². The highest BCUT2D eigenvalue weighted by atomic mass is 32.2. The molecule has 1 heterocycles. The Hall–Kier alpha value is -2.67. The van der Waals surface area contributed by atoms with Crippen molar-refractivity contribution in [1.29, 1.82) is 0 Å². The maximum Gasteiger partial charge on any atom is 0.235 e. The number of rotatable bonds is 7. The molecule has 3 aromatic rings. The molecule has 1 amide bonds. The summed E-state index contributed by atoms with van der Waals surface area (Å²) in [6.45, 7) is 4.71. The maximum atomic E-state index is 14.3. The summed E-state index contributed by atoms with van der Waals surface area (Å²) in [5.74, 6) is -0.0890. The Morgan fingerprint density at radius 2 is 1.78 bits per heavy atom. The van der Waals surface area contributed by atoms with Gasteiger partial charge in [0.25, 0.3) is 0 Å². The van der Waals surface area contributed by atoms with Crippen molar-refractivity contribution in [3.63, 3.8) is 0 Å². The van der Waals surface area contributed by atoms with Gasteiger partial charge < -0.3 is 10.3 Å². The highest BCUT2D eigenvalue weighted by molar-refractivity contribution is 8.00. The molecule has 5 nitrogen and oxygen atoms in total. The monoisotopic (exact) mass is 384 g/mol. The van der Waals surface area contributed by atoms with Gasteiger partial charge in [0.2, 0.25) is 5.91 Å². The fourth-order valence-electron chi connectivity index (χ4n) is 2.77. The predicted octanol–water partition coefficient (Wildman–Crippen LogP) is 4.06. The molecule has 0 radical (unpaired) electrons. The van der Waals surface area contributed by atoms with E-state index in [1.807, 2.05) is 34.9 Å². The van der Waals surface area contributed by atoms with Crippen LogP contribution >= 0.6 is 11.8 Å². The minimum absolute atomic E-state index is 0.287. The molecule has 0 bridgehead atoms. The first-order valence-corrected chi connectivity index (χ1v) is 9.54. The molecular formula is C20H21FN4OS. The summed E-state index contributed by atoms with van der Waals surface area (Å²) >= 11 is 1.23. The fraction of sp³-hybridized carbons (Fsp3) is 0.250. The van der Waals surface area contributed by atoms with Crippen LogP contribution in [-0.4, -0.2) is 20.7 Å². The Labute approximate surface area is 161 Å². The van der Waals surface area contributed by atoms with Crippen LogP contribution in [0.15, 0.2) is 59.8 Å². The second-order valence-electron chi connectivity index (χ2n) is 6.60. The van der Waals surface area contributed by atoms with Gasteiger partial charge in [-0.15, -0.1) is 10.2 Å². The molecule has 7 heteroatoms. The van der Waals surface area contributed by atoms with Crippen LogP contribution in [0.4, 0.5) is 4.39 Å². The van der Waals surface area contributed by atoms with E-state index in [9.17, 15) is 9.18 Å². The predicted molar refractivity (Wildman–Crippen MR) is 104 cm³/mol. The molecule has 0 fully saturated rings. The lowest BCUT2D eigenvalue weighted by atomic mass is 10.1. The van der Waals surface area contributed by atoms with Crippen molar-refractivity contribution >= 4 is 17.7 Å². The third-order valence-electron chi connectivity index (χ3n) is 3.96. The summed E-state index contributed by atoms with van der Waals surface area (Å²) < 4.78 is 16.1.